The van der Waals surface area contributed by atoms with Crippen LogP contribution in [0.1, 0.15) is 35.9 Å². The summed E-state index contributed by atoms with van der Waals surface area (Å²) in [5.41, 5.74) is 4.36. The van der Waals surface area contributed by atoms with Gasteiger partial charge in [-0.2, -0.15) is 0 Å². The maximum atomic E-state index is 12.2. The summed E-state index contributed by atoms with van der Waals surface area (Å²) in [5.74, 6) is 0.578. The Hall–Kier alpha value is -1.96. The third kappa shape index (κ3) is 5.59. The number of alkyl halides is 1. The molecule has 0 atom stereocenters. The van der Waals surface area contributed by atoms with E-state index in [1.54, 1.807) is 17.4 Å². The molecule has 30 heavy (non-hydrogen) atoms. The summed E-state index contributed by atoms with van der Waals surface area (Å²) in [6.07, 6.45) is 3.98. The molecule has 4 nitrogen and oxygen atoms in total. The second-order valence-electron chi connectivity index (χ2n) is 7.35. The van der Waals surface area contributed by atoms with Gasteiger partial charge in [0.1, 0.15) is 17.4 Å². The molecule has 1 N–H and O–H groups in total. The van der Waals surface area contributed by atoms with Crippen molar-refractivity contribution < 1.29 is 14.2 Å². The Kier molecular flexibility index (Phi) is 7.86. The van der Waals surface area contributed by atoms with Crippen molar-refractivity contribution in [3.63, 3.8) is 0 Å². The van der Waals surface area contributed by atoms with Gasteiger partial charge in [-0.05, 0) is 63.3 Å². The predicted octanol–water partition coefficient (Wildman–Crippen LogP) is 6.48. The molecule has 2 aromatic carbocycles. The van der Waals surface area contributed by atoms with Crippen molar-refractivity contribution in [2.24, 2.45) is 0 Å². The van der Waals surface area contributed by atoms with Crippen LogP contribution >= 0.6 is 27.3 Å². The fourth-order valence-corrected chi connectivity index (χ4v) is 4.42. The van der Waals surface area contributed by atoms with Gasteiger partial charge >= 0.3 is 0 Å². The fraction of sp³-hybridized carbons (Fsp3) is 0.348. The number of aromatic nitrogens is 1. The van der Waals surface area contributed by atoms with E-state index in [0.29, 0.717) is 23.5 Å². The second-order valence-corrected chi connectivity index (χ2v) is 9.27. The van der Waals surface area contributed by atoms with Crippen molar-refractivity contribution in [1.29, 1.82) is 0 Å². The molecule has 160 valence electrons. The van der Waals surface area contributed by atoms with E-state index in [2.05, 4.69) is 46.8 Å². The standard InChI is InChI=1S/C23H26BrFN2O2S/c1-15(2)17-13-19-22(14-20(17)27(3)9-11-29-10-8-25)30-23(26-19)7-5-16-4-6-21(28)18(24)12-16/h4-7,12-15,28H,8-11H2,1-3H3/b7-5+. The van der Waals surface area contributed by atoms with E-state index < -0.39 is 6.67 Å². The highest BCUT2D eigenvalue weighted by Gasteiger charge is 2.14. The summed E-state index contributed by atoms with van der Waals surface area (Å²) in [7, 11) is 2.04. The molecule has 0 aliphatic carbocycles. The molecule has 0 amide bonds. The number of rotatable bonds is 9. The van der Waals surface area contributed by atoms with Crippen molar-refractivity contribution >= 4 is 55.3 Å². The lowest BCUT2D eigenvalue weighted by atomic mass is 10.00. The molecule has 0 aliphatic rings. The molecule has 0 bridgehead atoms. The summed E-state index contributed by atoms with van der Waals surface area (Å²) in [4.78, 5) is 6.95. The lowest BCUT2D eigenvalue weighted by molar-refractivity contribution is 0.125. The molecule has 3 aromatic rings. The minimum atomic E-state index is -0.453. The Morgan fingerprint density at radius 1 is 1.23 bits per heavy atom. The maximum absolute atomic E-state index is 12.2. The van der Waals surface area contributed by atoms with Gasteiger partial charge in [0.05, 0.1) is 27.9 Å². The van der Waals surface area contributed by atoms with Gasteiger partial charge in [0.25, 0.3) is 0 Å². The molecule has 0 fully saturated rings. The highest BCUT2D eigenvalue weighted by Crippen LogP contribution is 2.35. The molecule has 0 saturated heterocycles. The number of hydrogen-bond acceptors (Lipinski definition) is 5. The van der Waals surface area contributed by atoms with Gasteiger partial charge in [0.15, 0.2) is 0 Å². The molecule has 1 aromatic heterocycles. The molecule has 1 heterocycles. The number of phenolic OH excluding ortho intramolecular Hbond substituents is 1. The lowest BCUT2D eigenvalue weighted by Gasteiger charge is -2.24. The number of benzene rings is 2. The van der Waals surface area contributed by atoms with Gasteiger partial charge in [-0.25, -0.2) is 9.37 Å². The number of fused-ring (bicyclic) bond motifs is 1. The Morgan fingerprint density at radius 2 is 2.03 bits per heavy atom. The minimum Gasteiger partial charge on any atom is -0.507 e. The third-order valence-corrected chi connectivity index (χ3v) is 6.39. The zero-order valence-electron chi connectivity index (χ0n) is 17.4. The maximum Gasteiger partial charge on any atom is 0.129 e. The quantitative estimate of drug-likeness (QED) is 0.347. The summed E-state index contributed by atoms with van der Waals surface area (Å²) in [5, 5.41) is 10.6. The van der Waals surface area contributed by atoms with Crippen LogP contribution in [0.3, 0.4) is 0 Å². The molecule has 0 aliphatic heterocycles. The van der Waals surface area contributed by atoms with Crippen LogP contribution in [0.5, 0.6) is 5.75 Å². The van der Waals surface area contributed by atoms with Crippen LogP contribution in [-0.4, -0.2) is 43.6 Å². The first-order valence-electron chi connectivity index (χ1n) is 9.85. The van der Waals surface area contributed by atoms with Crippen molar-refractivity contribution in [2.75, 3.05) is 38.4 Å². The summed E-state index contributed by atoms with van der Waals surface area (Å²) in [6.45, 7) is 5.24. The highest BCUT2D eigenvalue weighted by atomic mass is 79.9. The van der Waals surface area contributed by atoms with E-state index in [4.69, 9.17) is 9.72 Å². The van der Waals surface area contributed by atoms with Crippen LogP contribution in [0.25, 0.3) is 22.4 Å². The molecule has 0 saturated carbocycles. The van der Waals surface area contributed by atoms with Crippen LogP contribution < -0.4 is 4.90 Å². The zero-order valence-corrected chi connectivity index (χ0v) is 19.8. The number of thiazole rings is 1. The van der Waals surface area contributed by atoms with Gasteiger partial charge in [-0.1, -0.05) is 26.0 Å². The first kappa shape index (κ1) is 22.7. The fourth-order valence-electron chi connectivity index (χ4n) is 3.13. The van der Waals surface area contributed by atoms with Crippen LogP contribution in [-0.2, 0) is 4.74 Å². The number of halogens is 2. The number of aromatic hydroxyl groups is 1. The summed E-state index contributed by atoms with van der Waals surface area (Å²) >= 11 is 4.98. The molecular formula is C23H26BrFN2O2S. The number of nitrogens with zero attached hydrogens (tertiary/aromatic N) is 2. The van der Waals surface area contributed by atoms with Crippen LogP contribution in [0.4, 0.5) is 10.1 Å². The molecule has 0 spiro atoms. The van der Waals surface area contributed by atoms with Crippen LogP contribution in [0, 0.1) is 0 Å². The number of ether oxygens (including phenoxy) is 1. The number of anilines is 1. The van der Waals surface area contributed by atoms with Crippen molar-refractivity contribution in [2.45, 2.75) is 19.8 Å². The topological polar surface area (TPSA) is 45.6 Å². The zero-order chi connectivity index (χ0) is 21.7. The van der Waals surface area contributed by atoms with Gasteiger partial charge in [0, 0.05) is 19.3 Å². The Morgan fingerprint density at radius 3 is 2.73 bits per heavy atom. The van der Waals surface area contributed by atoms with Gasteiger partial charge in [-0.15, -0.1) is 11.3 Å². The van der Waals surface area contributed by atoms with Crippen LogP contribution in [0.2, 0.25) is 0 Å². The Balaban J connectivity index is 1.86. The average molecular weight is 493 g/mol. The number of phenols is 1. The number of hydrogen-bond donors (Lipinski definition) is 1. The van der Waals surface area contributed by atoms with E-state index in [9.17, 15) is 9.50 Å². The summed E-state index contributed by atoms with van der Waals surface area (Å²) in [6, 6.07) is 9.74. The summed E-state index contributed by atoms with van der Waals surface area (Å²) < 4.78 is 19.3. The average Bonchev–Trinajstić information content (AvgIpc) is 3.13. The SMILES string of the molecule is CC(C)c1cc2nc(/C=C/c3ccc(O)c(Br)c3)sc2cc1N(C)CCOCCF. The molecular weight excluding hydrogens is 467 g/mol. The van der Waals surface area contributed by atoms with E-state index in [-0.39, 0.29) is 12.4 Å². The van der Waals surface area contributed by atoms with E-state index in [1.165, 1.54) is 5.56 Å². The Bertz CT molecular complexity index is 1040. The molecule has 3 rings (SSSR count). The first-order chi connectivity index (χ1) is 14.4. The smallest absolute Gasteiger partial charge is 0.129 e. The predicted molar refractivity (Wildman–Crippen MR) is 129 cm³/mol. The minimum absolute atomic E-state index is 0.145. The molecule has 0 unspecified atom stereocenters. The molecule has 7 heteroatoms. The Labute approximate surface area is 189 Å². The van der Waals surface area contributed by atoms with E-state index >= 15 is 0 Å². The van der Waals surface area contributed by atoms with Crippen LogP contribution in [0.15, 0.2) is 34.8 Å². The van der Waals surface area contributed by atoms with Crippen molar-refractivity contribution in [3.05, 3.63) is 50.9 Å². The first-order valence-corrected chi connectivity index (χ1v) is 11.5. The van der Waals surface area contributed by atoms with Gasteiger partial charge in [0.2, 0.25) is 0 Å². The third-order valence-electron chi connectivity index (χ3n) is 4.77. The monoisotopic (exact) mass is 492 g/mol. The molecule has 0 radical (unpaired) electrons. The highest BCUT2D eigenvalue weighted by molar-refractivity contribution is 9.10. The largest absolute Gasteiger partial charge is 0.507 e. The second kappa shape index (κ2) is 10.4. The van der Waals surface area contributed by atoms with Crippen molar-refractivity contribution in [3.8, 4) is 5.75 Å². The normalized spacial score (nSPS) is 11.8. The number of likely N-dealkylation sites (N-methyl/N-ethyl adjacent to an activating group) is 1. The van der Waals surface area contributed by atoms with E-state index in [1.807, 2.05) is 31.3 Å². The van der Waals surface area contributed by atoms with Crippen molar-refractivity contribution in [1.82, 2.24) is 4.98 Å². The van der Waals surface area contributed by atoms with Gasteiger partial charge < -0.3 is 14.7 Å². The lowest BCUT2D eigenvalue weighted by Crippen LogP contribution is -2.24. The van der Waals surface area contributed by atoms with Gasteiger partial charge in [-0.3, -0.25) is 0 Å². The van der Waals surface area contributed by atoms with E-state index in [0.717, 1.165) is 26.5 Å².